The van der Waals surface area contributed by atoms with Crippen molar-refractivity contribution in [1.29, 1.82) is 0 Å². The Kier molecular flexibility index (Phi) is 36.2. The van der Waals surface area contributed by atoms with Crippen molar-refractivity contribution in [2.75, 3.05) is 37.0 Å². The van der Waals surface area contributed by atoms with Gasteiger partial charge in [0.2, 0.25) is 0 Å². The third-order valence-corrected chi connectivity index (χ3v) is 9.32. The summed E-state index contributed by atoms with van der Waals surface area (Å²) in [6.07, 6.45) is 16.4. The first-order valence-electron chi connectivity index (χ1n) is 9.54. The maximum Gasteiger partial charge on any atom is 2.00 e. The fourth-order valence-corrected chi connectivity index (χ4v) is 7.79. The Bertz CT molecular complexity index is 257. The molecule has 0 aliphatic carbocycles. The number of carboxylic acid groups (broad SMARTS) is 2. The normalized spacial score (nSPS) is 9.54. The van der Waals surface area contributed by atoms with Gasteiger partial charge in [0, 0.05) is 11.9 Å². The molecule has 0 saturated carbocycles. The summed E-state index contributed by atoms with van der Waals surface area (Å²) in [7, 11) is 0.801. The van der Waals surface area contributed by atoms with Gasteiger partial charge in [-0.25, -0.2) is 0 Å². The molecule has 0 aliphatic heterocycles. The molecule has 0 amide bonds. The van der Waals surface area contributed by atoms with Crippen LogP contribution in [0.25, 0.3) is 0 Å². The first kappa shape index (κ1) is 34.0. The first-order valence-corrected chi connectivity index (χ1v) is 13.3. The van der Waals surface area contributed by atoms with Gasteiger partial charge in [-0.2, -0.15) is 0 Å². The third kappa shape index (κ3) is 39.5. The molecule has 0 bridgehead atoms. The zero-order valence-electron chi connectivity index (χ0n) is 17.6. The number of rotatable bonds is 12. The Balaban J connectivity index is -0.000000226. The van der Waals surface area contributed by atoms with E-state index in [-0.39, 0.29) is 20.4 Å². The predicted octanol–water partition coefficient (Wildman–Crippen LogP) is 3.49. The molecule has 0 saturated heterocycles. The maximum absolute atomic E-state index is 8.89. The summed E-state index contributed by atoms with van der Waals surface area (Å²) in [4.78, 5) is 17.8. The van der Waals surface area contributed by atoms with Gasteiger partial charge in [-0.15, -0.1) is 15.8 Å². The summed E-state index contributed by atoms with van der Waals surface area (Å²) in [5.41, 5.74) is 0. The average molecular weight is 501 g/mol. The summed E-state index contributed by atoms with van der Waals surface area (Å²) in [6, 6.07) is 0. The second kappa shape index (κ2) is 27.7. The fourth-order valence-electron chi connectivity index (χ4n) is 2.45. The standard InChI is InChI=1S/C15H34P2.2C2H4O2.Pd/c1-5-10-16(11-6-2)14-9-15-17(12-7-3)13-8-4;2*1-2(3)4;/h5-15H2,1-4H3;2*1H3,(H,3,4);/q;;;+2/p-2. The predicted molar refractivity (Wildman–Crippen MR) is 110 cm³/mol. The molecular formula is C19H40O4P2Pd. The number of carbonyl (C=O) groups excluding carboxylic acids is 2. The second-order valence-corrected chi connectivity index (χ2v) is 11.4. The first-order chi connectivity index (χ1) is 11.7. The van der Waals surface area contributed by atoms with E-state index in [0.717, 1.165) is 13.8 Å². The quantitative estimate of drug-likeness (QED) is 0.303. The van der Waals surface area contributed by atoms with Gasteiger partial charge in [-0.3, -0.25) is 0 Å². The number of carboxylic acids is 2. The fraction of sp³-hybridized carbons (Fsp3) is 0.895. The van der Waals surface area contributed by atoms with Crippen molar-refractivity contribution in [3.05, 3.63) is 0 Å². The molecule has 0 aliphatic rings. The van der Waals surface area contributed by atoms with Gasteiger partial charge in [0.15, 0.2) is 0 Å². The topological polar surface area (TPSA) is 80.3 Å². The van der Waals surface area contributed by atoms with Crippen molar-refractivity contribution < 1.29 is 40.2 Å². The molecule has 0 rings (SSSR count). The van der Waals surface area contributed by atoms with Crippen LogP contribution >= 0.6 is 15.8 Å². The van der Waals surface area contributed by atoms with Gasteiger partial charge in [0.25, 0.3) is 0 Å². The number of hydrogen-bond donors (Lipinski definition) is 0. The number of hydrogen-bond acceptors (Lipinski definition) is 4. The number of carbonyl (C=O) groups is 2. The SMILES string of the molecule is CC(=O)[O-].CC(=O)[O-].CCCP(CCC)CCCP(CCC)CCC.[Pd+2]. The zero-order valence-corrected chi connectivity index (χ0v) is 21.0. The van der Waals surface area contributed by atoms with Crippen molar-refractivity contribution in [3.8, 4) is 0 Å². The Morgan fingerprint density at radius 2 is 0.808 bits per heavy atom. The van der Waals surface area contributed by atoms with E-state index in [2.05, 4.69) is 27.7 Å². The van der Waals surface area contributed by atoms with Gasteiger partial charge in [-0.05, 0) is 57.2 Å². The summed E-state index contributed by atoms with van der Waals surface area (Å²) >= 11 is 0. The Morgan fingerprint density at radius 3 is 0.962 bits per heavy atom. The van der Waals surface area contributed by atoms with Crippen LogP contribution in [0.4, 0.5) is 0 Å². The van der Waals surface area contributed by atoms with Gasteiger partial charge < -0.3 is 19.8 Å². The van der Waals surface area contributed by atoms with Crippen LogP contribution in [-0.2, 0) is 30.0 Å². The van der Waals surface area contributed by atoms with Crippen LogP contribution in [0.2, 0.25) is 0 Å². The molecule has 0 aromatic heterocycles. The minimum Gasteiger partial charge on any atom is -0.550 e. The van der Waals surface area contributed by atoms with Crippen LogP contribution in [0.1, 0.15) is 73.6 Å². The van der Waals surface area contributed by atoms with Crippen LogP contribution in [0.3, 0.4) is 0 Å². The molecule has 0 aromatic rings. The van der Waals surface area contributed by atoms with Crippen LogP contribution in [0.15, 0.2) is 0 Å². The van der Waals surface area contributed by atoms with E-state index >= 15 is 0 Å². The molecule has 26 heavy (non-hydrogen) atoms. The van der Waals surface area contributed by atoms with E-state index in [0.29, 0.717) is 15.8 Å². The van der Waals surface area contributed by atoms with Crippen LogP contribution in [0, 0.1) is 0 Å². The summed E-state index contributed by atoms with van der Waals surface area (Å²) in [5, 5.41) is 17.8. The molecule has 7 heteroatoms. The molecule has 0 spiro atoms. The minimum atomic E-state index is -1.08. The molecule has 0 unspecified atom stereocenters. The molecule has 0 heterocycles. The van der Waals surface area contributed by atoms with Crippen molar-refractivity contribution in [2.24, 2.45) is 0 Å². The van der Waals surface area contributed by atoms with E-state index in [4.69, 9.17) is 19.8 Å². The van der Waals surface area contributed by atoms with Crippen LogP contribution < -0.4 is 10.2 Å². The van der Waals surface area contributed by atoms with Crippen molar-refractivity contribution >= 4 is 27.8 Å². The van der Waals surface area contributed by atoms with Crippen molar-refractivity contribution in [2.45, 2.75) is 73.6 Å². The summed E-state index contributed by atoms with van der Waals surface area (Å²) in [6.45, 7) is 11.4. The maximum atomic E-state index is 8.89. The molecule has 0 N–H and O–H groups in total. The van der Waals surface area contributed by atoms with E-state index in [9.17, 15) is 0 Å². The van der Waals surface area contributed by atoms with E-state index < -0.39 is 11.9 Å². The Morgan fingerprint density at radius 1 is 0.615 bits per heavy atom. The molecule has 0 fully saturated rings. The molecule has 0 radical (unpaired) electrons. The second-order valence-electron chi connectivity index (χ2n) is 6.02. The summed E-state index contributed by atoms with van der Waals surface area (Å²) < 4.78 is 0. The molecule has 0 atom stereocenters. The minimum absolute atomic E-state index is 0. The van der Waals surface area contributed by atoms with Gasteiger partial charge in [0.05, 0.1) is 0 Å². The Hall–Kier alpha value is 0.462. The number of aliphatic carboxylic acids is 2. The van der Waals surface area contributed by atoms with Crippen molar-refractivity contribution in [3.63, 3.8) is 0 Å². The molecular weight excluding hydrogens is 461 g/mol. The van der Waals surface area contributed by atoms with E-state index in [1.807, 2.05) is 0 Å². The molecule has 0 aromatic carbocycles. The van der Waals surface area contributed by atoms with Crippen molar-refractivity contribution in [1.82, 2.24) is 0 Å². The summed E-state index contributed by atoms with van der Waals surface area (Å²) in [5.74, 6) is -2.17. The molecule has 160 valence electrons. The average Bonchev–Trinajstić information content (AvgIpc) is 2.47. The van der Waals surface area contributed by atoms with Crippen LogP contribution in [-0.4, -0.2) is 48.9 Å². The smallest absolute Gasteiger partial charge is 0.550 e. The van der Waals surface area contributed by atoms with E-state index in [1.54, 1.807) is 12.3 Å². The zero-order chi connectivity index (χ0) is 20.1. The van der Waals surface area contributed by atoms with E-state index in [1.165, 1.54) is 56.8 Å². The monoisotopic (exact) mass is 500 g/mol. The van der Waals surface area contributed by atoms with Gasteiger partial charge in [-0.1, -0.05) is 53.4 Å². The Labute approximate surface area is 178 Å². The van der Waals surface area contributed by atoms with Gasteiger partial charge >= 0.3 is 20.4 Å². The largest absolute Gasteiger partial charge is 2.00 e. The molecule has 4 nitrogen and oxygen atoms in total. The van der Waals surface area contributed by atoms with Crippen LogP contribution in [0.5, 0.6) is 0 Å². The third-order valence-electron chi connectivity index (χ3n) is 3.11. The van der Waals surface area contributed by atoms with Gasteiger partial charge in [0.1, 0.15) is 0 Å².